The van der Waals surface area contributed by atoms with Crippen molar-refractivity contribution in [3.8, 4) is 0 Å². The van der Waals surface area contributed by atoms with E-state index in [0.717, 1.165) is 19.0 Å². The summed E-state index contributed by atoms with van der Waals surface area (Å²) in [6.45, 7) is 5.76. The summed E-state index contributed by atoms with van der Waals surface area (Å²) in [4.78, 5) is 2.68. The zero-order valence-corrected chi connectivity index (χ0v) is 11.5. The quantitative estimate of drug-likeness (QED) is 0.873. The second-order valence-electron chi connectivity index (χ2n) is 5.30. The maximum atomic E-state index is 5.62. The van der Waals surface area contributed by atoms with Crippen LogP contribution in [0.5, 0.6) is 0 Å². The van der Waals surface area contributed by atoms with Gasteiger partial charge in [0.25, 0.3) is 0 Å². The number of hydrogen-bond acceptors (Lipinski definition) is 3. The molecule has 1 aromatic rings. The first kappa shape index (κ1) is 13.4. The molecule has 0 saturated carbocycles. The van der Waals surface area contributed by atoms with Gasteiger partial charge in [0, 0.05) is 25.3 Å². The fourth-order valence-electron chi connectivity index (χ4n) is 2.93. The number of rotatable bonds is 5. The minimum atomic E-state index is 0.621. The predicted molar refractivity (Wildman–Crippen MR) is 75.4 cm³/mol. The van der Waals surface area contributed by atoms with Crippen LogP contribution in [0.2, 0.25) is 0 Å². The van der Waals surface area contributed by atoms with Crippen LogP contribution in [-0.4, -0.2) is 33.8 Å². The number of aromatic nitrogens is 2. The number of nitrogen functional groups attached to an aromatic ring is 1. The minimum absolute atomic E-state index is 0.621. The molecule has 102 valence electrons. The Hall–Kier alpha value is -1.03. The van der Waals surface area contributed by atoms with Gasteiger partial charge in [-0.25, -0.2) is 0 Å². The van der Waals surface area contributed by atoms with Crippen LogP contribution in [-0.2, 0) is 6.54 Å². The summed E-state index contributed by atoms with van der Waals surface area (Å²) in [7, 11) is 0. The molecule has 0 radical (unpaired) electrons. The van der Waals surface area contributed by atoms with Crippen LogP contribution in [0.1, 0.15) is 45.4 Å². The zero-order valence-electron chi connectivity index (χ0n) is 11.5. The van der Waals surface area contributed by atoms with Gasteiger partial charge in [0.05, 0.1) is 0 Å². The van der Waals surface area contributed by atoms with Crippen LogP contribution in [0.4, 0.5) is 5.82 Å². The molecule has 0 amide bonds. The zero-order chi connectivity index (χ0) is 12.8. The number of likely N-dealkylation sites (tertiary alicyclic amines) is 1. The van der Waals surface area contributed by atoms with Gasteiger partial charge in [-0.05, 0) is 38.3 Å². The molecule has 2 heterocycles. The summed E-state index contributed by atoms with van der Waals surface area (Å²) in [5, 5.41) is 4.23. The van der Waals surface area contributed by atoms with Crippen LogP contribution < -0.4 is 5.73 Å². The highest BCUT2D eigenvalue weighted by Crippen LogP contribution is 2.19. The average Bonchev–Trinajstić information content (AvgIpc) is 2.64. The van der Waals surface area contributed by atoms with E-state index < -0.39 is 0 Å². The molecule has 1 atom stereocenters. The van der Waals surface area contributed by atoms with E-state index in [1.54, 1.807) is 0 Å². The smallest absolute Gasteiger partial charge is 0.145 e. The largest absolute Gasteiger partial charge is 0.382 e. The fourth-order valence-corrected chi connectivity index (χ4v) is 2.93. The number of nitrogens with zero attached hydrogens (tertiary/aromatic N) is 3. The van der Waals surface area contributed by atoms with E-state index in [-0.39, 0.29) is 0 Å². The lowest BCUT2D eigenvalue weighted by Gasteiger charge is -2.29. The van der Waals surface area contributed by atoms with E-state index in [0.29, 0.717) is 5.82 Å². The summed E-state index contributed by atoms with van der Waals surface area (Å²) in [6.07, 6.45) is 9.98. The van der Waals surface area contributed by atoms with E-state index in [4.69, 9.17) is 5.73 Å². The Morgan fingerprint density at radius 3 is 2.94 bits per heavy atom. The van der Waals surface area contributed by atoms with Crippen molar-refractivity contribution in [2.24, 2.45) is 0 Å². The third-order valence-corrected chi connectivity index (χ3v) is 3.96. The molecule has 4 nitrogen and oxygen atoms in total. The Bertz CT molecular complexity index is 347. The molecule has 1 fully saturated rings. The molecule has 4 heteroatoms. The maximum absolute atomic E-state index is 5.62. The molecule has 1 saturated heterocycles. The topological polar surface area (TPSA) is 47.1 Å². The van der Waals surface area contributed by atoms with Gasteiger partial charge in [0.2, 0.25) is 0 Å². The van der Waals surface area contributed by atoms with E-state index in [1.807, 2.05) is 16.9 Å². The lowest BCUT2D eigenvalue weighted by Crippen LogP contribution is -2.35. The highest BCUT2D eigenvalue weighted by atomic mass is 15.3. The van der Waals surface area contributed by atoms with Crippen LogP contribution in [0.15, 0.2) is 12.3 Å². The van der Waals surface area contributed by atoms with Crippen LogP contribution >= 0.6 is 0 Å². The number of aryl methyl sites for hydroxylation is 1. The molecule has 18 heavy (non-hydrogen) atoms. The SMILES string of the molecule is CCC1CCCCCN1CCCn1ccc(N)n1. The molecule has 1 aliphatic rings. The Morgan fingerprint density at radius 2 is 2.22 bits per heavy atom. The second kappa shape index (κ2) is 6.78. The Balaban J connectivity index is 1.76. The first-order chi connectivity index (χ1) is 8.79. The molecule has 2 N–H and O–H groups in total. The lowest BCUT2D eigenvalue weighted by molar-refractivity contribution is 0.188. The van der Waals surface area contributed by atoms with Crippen molar-refractivity contribution in [1.82, 2.24) is 14.7 Å². The van der Waals surface area contributed by atoms with E-state index in [2.05, 4.69) is 16.9 Å². The molecule has 0 aliphatic carbocycles. The van der Waals surface area contributed by atoms with E-state index >= 15 is 0 Å². The normalized spacial score (nSPS) is 21.9. The predicted octanol–water partition coefficient (Wildman–Crippen LogP) is 2.51. The molecule has 1 unspecified atom stereocenters. The lowest BCUT2D eigenvalue weighted by atomic mass is 10.1. The van der Waals surface area contributed by atoms with Gasteiger partial charge >= 0.3 is 0 Å². The van der Waals surface area contributed by atoms with Gasteiger partial charge in [-0.2, -0.15) is 5.10 Å². The molecular formula is C14H26N4. The number of nitrogens with two attached hydrogens (primary N) is 1. The van der Waals surface area contributed by atoms with Gasteiger partial charge < -0.3 is 10.6 Å². The summed E-state index contributed by atoms with van der Waals surface area (Å²) >= 11 is 0. The summed E-state index contributed by atoms with van der Waals surface area (Å²) in [5.74, 6) is 0.621. The Morgan fingerprint density at radius 1 is 1.33 bits per heavy atom. The van der Waals surface area contributed by atoms with Gasteiger partial charge in [0.15, 0.2) is 0 Å². The van der Waals surface area contributed by atoms with Crippen molar-refractivity contribution in [2.75, 3.05) is 18.8 Å². The number of anilines is 1. The minimum Gasteiger partial charge on any atom is -0.382 e. The highest BCUT2D eigenvalue weighted by molar-refractivity contribution is 5.23. The Labute approximate surface area is 110 Å². The van der Waals surface area contributed by atoms with Crippen LogP contribution in [0.25, 0.3) is 0 Å². The molecule has 0 spiro atoms. The van der Waals surface area contributed by atoms with E-state index in [9.17, 15) is 0 Å². The first-order valence-corrected chi connectivity index (χ1v) is 7.32. The Kier molecular flexibility index (Phi) is 5.05. The molecule has 1 aromatic heterocycles. The van der Waals surface area contributed by atoms with Crippen molar-refractivity contribution in [1.29, 1.82) is 0 Å². The van der Waals surface area contributed by atoms with Crippen LogP contribution in [0.3, 0.4) is 0 Å². The van der Waals surface area contributed by atoms with Crippen molar-refractivity contribution in [3.05, 3.63) is 12.3 Å². The second-order valence-corrected chi connectivity index (χ2v) is 5.30. The van der Waals surface area contributed by atoms with Gasteiger partial charge in [0.1, 0.15) is 5.82 Å². The van der Waals surface area contributed by atoms with Crippen molar-refractivity contribution < 1.29 is 0 Å². The number of hydrogen-bond donors (Lipinski definition) is 1. The molecule has 0 bridgehead atoms. The molecular weight excluding hydrogens is 224 g/mol. The third kappa shape index (κ3) is 3.73. The fraction of sp³-hybridized carbons (Fsp3) is 0.786. The standard InChI is InChI=1S/C14H26N4/c1-2-13-7-4-3-5-9-17(13)10-6-11-18-12-8-14(15)16-18/h8,12-13H,2-7,9-11H2,1H3,(H2,15,16). The van der Waals surface area contributed by atoms with Crippen LogP contribution in [0, 0.1) is 0 Å². The van der Waals surface area contributed by atoms with Crippen molar-refractivity contribution in [2.45, 2.75) is 58.0 Å². The maximum Gasteiger partial charge on any atom is 0.145 e. The van der Waals surface area contributed by atoms with Gasteiger partial charge in [-0.3, -0.25) is 4.68 Å². The summed E-state index contributed by atoms with van der Waals surface area (Å²) in [6, 6.07) is 2.66. The van der Waals surface area contributed by atoms with Crippen molar-refractivity contribution >= 4 is 5.82 Å². The third-order valence-electron chi connectivity index (χ3n) is 3.96. The molecule has 0 aromatic carbocycles. The first-order valence-electron chi connectivity index (χ1n) is 7.32. The highest BCUT2D eigenvalue weighted by Gasteiger charge is 2.18. The summed E-state index contributed by atoms with van der Waals surface area (Å²) < 4.78 is 1.95. The molecule has 1 aliphatic heterocycles. The van der Waals surface area contributed by atoms with Gasteiger partial charge in [-0.1, -0.05) is 19.8 Å². The summed E-state index contributed by atoms with van der Waals surface area (Å²) in [5.41, 5.74) is 5.62. The van der Waals surface area contributed by atoms with Crippen molar-refractivity contribution in [3.63, 3.8) is 0 Å². The molecule has 2 rings (SSSR count). The van der Waals surface area contributed by atoms with E-state index in [1.165, 1.54) is 45.2 Å². The monoisotopic (exact) mass is 250 g/mol. The average molecular weight is 250 g/mol. The van der Waals surface area contributed by atoms with Gasteiger partial charge in [-0.15, -0.1) is 0 Å².